The summed E-state index contributed by atoms with van der Waals surface area (Å²) < 4.78 is 11.7. The van der Waals surface area contributed by atoms with E-state index in [-0.39, 0.29) is 0 Å². The molecule has 0 spiro atoms. The molecule has 3 aromatic heterocycles. The first kappa shape index (κ1) is 83.8. The van der Waals surface area contributed by atoms with E-state index in [2.05, 4.69) is 530 Å². The molecule has 0 saturated heterocycles. The van der Waals surface area contributed by atoms with E-state index < -0.39 is 0 Å². The number of rotatable bonds is 12. The Morgan fingerprint density at radius 1 is 0.139 bits per heavy atom. The number of hydrogen-bond acceptors (Lipinski definition) is 6. The lowest BCUT2D eigenvalue weighted by atomic mass is 9.99. The fraction of sp³-hybridized carbons (Fsp3) is 0. The summed E-state index contributed by atoms with van der Waals surface area (Å²) in [6.07, 6.45) is 0. The largest absolute Gasteiger partial charge is 0.455 e. The molecule has 30 rings (SSSR count). The van der Waals surface area contributed by atoms with Gasteiger partial charge in [0.1, 0.15) is 11.2 Å². The molecule has 4 nitrogen and oxygen atoms in total. The molecule has 30 aromatic rings. The van der Waals surface area contributed by atoms with Gasteiger partial charge in [-0.15, -0.1) is 22.7 Å². The summed E-state index contributed by atoms with van der Waals surface area (Å²) in [5.41, 5.74) is 19.1. The van der Waals surface area contributed by atoms with Crippen LogP contribution in [-0.2, 0) is 0 Å². The third-order valence-corrected chi connectivity index (χ3v) is 31.8. The van der Waals surface area contributed by atoms with Crippen molar-refractivity contribution in [2.75, 3.05) is 14.7 Å². The summed E-state index contributed by atoms with van der Waals surface area (Å²) in [5.74, 6) is 0. The molecule has 0 fully saturated rings. The number of anilines is 9. The molecule has 0 amide bonds. The lowest BCUT2D eigenvalue weighted by Gasteiger charge is -2.26. The highest BCUT2D eigenvalue weighted by molar-refractivity contribution is 7.26. The minimum atomic E-state index is 0.913. The predicted octanol–water partition coefficient (Wildman–Crippen LogP) is 40.9. The maximum atomic E-state index is 6.39. The monoisotopic (exact) mass is 1870 g/mol. The van der Waals surface area contributed by atoms with E-state index >= 15 is 0 Å². The zero-order chi connectivity index (χ0) is 94.8. The van der Waals surface area contributed by atoms with Gasteiger partial charge in [0.2, 0.25) is 0 Å². The number of furan rings is 1. The molecular formula is C138H87N3OS2. The van der Waals surface area contributed by atoms with Crippen LogP contribution in [0.5, 0.6) is 0 Å². The first-order chi connectivity index (χ1) is 71.3. The van der Waals surface area contributed by atoms with E-state index in [1.54, 1.807) is 0 Å². The topological polar surface area (TPSA) is 22.9 Å². The molecule has 672 valence electrons. The lowest BCUT2D eigenvalue weighted by molar-refractivity contribution is 0.670. The lowest BCUT2D eigenvalue weighted by Crippen LogP contribution is -2.10. The summed E-state index contributed by atoms with van der Waals surface area (Å²) in [7, 11) is 0. The number of hydrogen-bond donors (Lipinski definition) is 0. The molecule has 0 radical (unpaired) electrons. The van der Waals surface area contributed by atoms with Gasteiger partial charge in [0, 0.05) is 108 Å². The Morgan fingerprint density at radius 3 is 0.771 bits per heavy atom. The van der Waals surface area contributed by atoms with Gasteiger partial charge in [-0.2, -0.15) is 0 Å². The molecule has 0 unspecified atom stereocenters. The molecule has 0 bridgehead atoms. The highest BCUT2D eigenvalue weighted by Crippen LogP contribution is 2.49. The van der Waals surface area contributed by atoms with Gasteiger partial charge in [0.05, 0.1) is 0 Å². The van der Waals surface area contributed by atoms with Crippen LogP contribution in [0.25, 0.3) is 225 Å². The quantitative estimate of drug-likeness (QED) is 0.114. The Bertz CT molecular complexity index is 9650. The summed E-state index contributed by atoms with van der Waals surface area (Å²) in [6.45, 7) is 0. The Hall–Kier alpha value is -18.3. The highest BCUT2D eigenvalue weighted by atomic mass is 32.1. The molecule has 0 atom stereocenters. The maximum absolute atomic E-state index is 6.39. The van der Waals surface area contributed by atoms with E-state index in [1.807, 2.05) is 34.8 Å². The van der Waals surface area contributed by atoms with Gasteiger partial charge in [0.25, 0.3) is 0 Å². The highest BCUT2D eigenvalue weighted by Gasteiger charge is 2.24. The molecule has 144 heavy (non-hydrogen) atoms. The van der Waals surface area contributed by atoms with Crippen molar-refractivity contribution in [3.05, 3.63) is 528 Å². The normalized spacial score (nSPS) is 11.8. The molecule has 0 N–H and O–H groups in total. The summed E-state index contributed by atoms with van der Waals surface area (Å²) in [6, 6.07) is 193. The minimum absolute atomic E-state index is 0.913. The van der Waals surface area contributed by atoms with Crippen molar-refractivity contribution in [3.8, 4) is 33.4 Å². The Balaban J connectivity index is 0.000000105. The van der Waals surface area contributed by atoms with Crippen LogP contribution in [-0.4, -0.2) is 0 Å². The van der Waals surface area contributed by atoms with Gasteiger partial charge >= 0.3 is 0 Å². The van der Waals surface area contributed by atoms with Crippen LogP contribution < -0.4 is 14.7 Å². The summed E-state index contributed by atoms with van der Waals surface area (Å²) >= 11 is 3.74. The first-order valence-electron chi connectivity index (χ1n) is 49.3. The smallest absolute Gasteiger partial charge is 0.143 e. The van der Waals surface area contributed by atoms with Crippen LogP contribution in [0.4, 0.5) is 51.2 Å². The van der Waals surface area contributed by atoms with Crippen molar-refractivity contribution in [3.63, 3.8) is 0 Å². The van der Waals surface area contributed by atoms with Crippen molar-refractivity contribution < 1.29 is 4.42 Å². The standard InChI is InChI=1S/C46H29NO.2C46H29NS/c2*1-3-10-38-30(8-1)16-18-33-28-36(24-26-40(33)38)47(37-25-27-41-34(29-37)19-17-31-9-2-4-11-39(31)41)35-22-20-32(21-23-35)42-13-7-14-44-43-12-5-6-15-45(43)48-46(42)44;1-3-9-39-31(7-1)13-15-34-27-37(22-24-41(34)39)47(38-23-25-42-35(28-38)16-14-32-8-2-4-10-40(32)42)36-20-17-30(18-21-36)33-19-26-46-44(29-33)43-11-5-6-12-45(43)48-46/h3*1-29H. The van der Waals surface area contributed by atoms with Crippen molar-refractivity contribution >= 4 is 265 Å². The van der Waals surface area contributed by atoms with Crippen LogP contribution in [0.3, 0.4) is 0 Å². The van der Waals surface area contributed by atoms with Crippen LogP contribution in [0, 0.1) is 0 Å². The Kier molecular flexibility index (Phi) is 20.3. The number of thiophene rings is 2. The number of para-hydroxylation sites is 2. The van der Waals surface area contributed by atoms with Gasteiger partial charge < -0.3 is 19.1 Å². The molecular weight excluding hydrogens is 1780 g/mol. The van der Waals surface area contributed by atoms with Crippen LogP contribution >= 0.6 is 22.7 Å². The molecule has 3 heterocycles. The van der Waals surface area contributed by atoms with Crippen molar-refractivity contribution in [1.29, 1.82) is 0 Å². The van der Waals surface area contributed by atoms with Gasteiger partial charge in [0.15, 0.2) is 0 Å². The number of benzene rings is 27. The number of fused-ring (bicyclic) bond motifs is 27. The third kappa shape index (κ3) is 14.7. The second-order valence-corrected chi connectivity index (χ2v) is 39.8. The zero-order valence-electron chi connectivity index (χ0n) is 78.3. The van der Waals surface area contributed by atoms with Crippen molar-refractivity contribution in [2.45, 2.75) is 0 Å². The van der Waals surface area contributed by atoms with E-state index in [0.717, 1.165) is 84.3 Å². The fourth-order valence-corrected chi connectivity index (χ4v) is 24.7. The Labute approximate surface area is 839 Å². The molecule has 0 aliphatic carbocycles. The second-order valence-electron chi connectivity index (χ2n) is 37.7. The number of nitrogens with zero attached hydrogens (tertiary/aromatic N) is 3. The van der Waals surface area contributed by atoms with Gasteiger partial charge in [-0.05, 0) is 297 Å². The van der Waals surface area contributed by atoms with E-state index in [1.165, 1.54) is 192 Å². The average molecular weight is 1870 g/mol. The SMILES string of the molecule is c1ccc2c(c1)ccc1cc(N(c3ccc(-c4ccc5sc6ccccc6c5c4)cc3)c3ccc4c(ccc5ccccc54)c3)ccc12.c1ccc2c(c1)ccc1cc(N(c3ccc(-c4cccc5c4oc4ccccc45)cc3)c3ccc4c(ccc5ccccc54)c3)ccc12.c1ccc2c(c1)ccc1cc(N(c3ccc(-c4cccc5c4sc4ccccc45)cc3)c3ccc4c(ccc5ccccc54)c3)ccc12. The fourth-order valence-electron chi connectivity index (χ4n) is 22.4. The van der Waals surface area contributed by atoms with Crippen LogP contribution in [0.1, 0.15) is 0 Å². The molecule has 0 aliphatic heterocycles. The van der Waals surface area contributed by atoms with Crippen LogP contribution in [0.2, 0.25) is 0 Å². The molecule has 0 aliphatic rings. The summed E-state index contributed by atoms with van der Waals surface area (Å²) in [4.78, 5) is 7.16. The van der Waals surface area contributed by atoms with Gasteiger partial charge in [-0.25, -0.2) is 0 Å². The van der Waals surface area contributed by atoms with Crippen molar-refractivity contribution in [1.82, 2.24) is 0 Å². The van der Waals surface area contributed by atoms with Crippen LogP contribution in [0.15, 0.2) is 532 Å². The summed E-state index contributed by atoms with van der Waals surface area (Å²) in [5, 5.41) is 37.8. The molecule has 27 aromatic carbocycles. The molecule has 6 heteroatoms. The van der Waals surface area contributed by atoms with E-state index in [0.29, 0.717) is 0 Å². The molecule has 0 saturated carbocycles. The average Bonchev–Trinajstić information content (AvgIpc) is 1.66. The van der Waals surface area contributed by atoms with E-state index in [9.17, 15) is 0 Å². The maximum Gasteiger partial charge on any atom is 0.143 e. The zero-order valence-corrected chi connectivity index (χ0v) is 79.9. The van der Waals surface area contributed by atoms with E-state index in [4.69, 9.17) is 4.42 Å². The minimum Gasteiger partial charge on any atom is -0.455 e. The third-order valence-electron chi connectivity index (χ3n) is 29.4. The first-order valence-corrected chi connectivity index (χ1v) is 50.9. The van der Waals surface area contributed by atoms with Gasteiger partial charge in [-0.3, -0.25) is 0 Å². The predicted molar refractivity (Wildman–Crippen MR) is 623 cm³/mol. The van der Waals surface area contributed by atoms with Gasteiger partial charge in [-0.1, -0.05) is 388 Å². The Morgan fingerprint density at radius 2 is 0.396 bits per heavy atom. The second kappa shape index (κ2) is 34.9. The van der Waals surface area contributed by atoms with Crippen molar-refractivity contribution in [2.24, 2.45) is 0 Å².